The monoisotopic (exact) mass is 377 g/mol. The van der Waals surface area contributed by atoms with E-state index in [9.17, 15) is 13.2 Å². The van der Waals surface area contributed by atoms with Crippen LogP contribution in [0.3, 0.4) is 0 Å². The maximum atomic E-state index is 12.4. The Hall–Kier alpha value is -2.16. The van der Waals surface area contributed by atoms with E-state index in [0.717, 1.165) is 11.8 Å². The Morgan fingerprint density at radius 2 is 1.71 bits per heavy atom. The van der Waals surface area contributed by atoms with E-state index >= 15 is 0 Å². The molecule has 0 unspecified atom stereocenters. The highest BCUT2D eigenvalue weighted by Gasteiger charge is 2.23. The molecule has 5 nitrogen and oxygen atoms in total. The van der Waals surface area contributed by atoms with Gasteiger partial charge in [0.25, 0.3) is 5.91 Å². The van der Waals surface area contributed by atoms with Crippen LogP contribution in [0.5, 0.6) is 5.75 Å². The van der Waals surface area contributed by atoms with Gasteiger partial charge >= 0.3 is 10.1 Å². The summed E-state index contributed by atoms with van der Waals surface area (Å²) < 4.78 is 30.3. The minimum atomic E-state index is -3.96. The van der Waals surface area contributed by atoms with E-state index in [0.29, 0.717) is 14.8 Å². The molecule has 24 heavy (non-hydrogen) atoms. The number of carbonyl (C=O) groups is 1. The van der Waals surface area contributed by atoms with Gasteiger partial charge in [0.2, 0.25) is 0 Å². The molecule has 0 aromatic heterocycles. The molecule has 1 aliphatic rings. The predicted molar refractivity (Wildman–Crippen MR) is 97.0 cm³/mol. The zero-order valence-corrected chi connectivity index (χ0v) is 14.6. The summed E-state index contributed by atoms with van der Waals surface area (Å²) >= 11 is 6.06. The first-order valence-corrected chi connectivity index (χ1v) is 9.42. The standard InChI is InChI=1S/C16H11NO4S3/c18-15-14(23-16(22)17-15)10-11-6-4-5-9-13(11)21-24(19,20)12-7-2-1-3-8-12/h1-10H,(H,17,18,22)/b14-10+. The normalized spacial score (nSPS) is 16.2. The summed E-state index contributed by atoms with van der Waals surface area (Å²) in [6, 6.07) is 14.4. The SMILES string of the molecule is O=C1NC(=S)S/C1=C/c1ccccc1OS(=O)(=O)c1ccccc1. The third-order valence-electron chi connectivity index (χ3n) is 3.08. The topological polar surface area (TPSA) is 72.5 Å². The molecule has 0 atom stereocenters. The van der Waals surface area contributed by atoms with E-state index in [1.165, 1.54) is 18.2 Å². The van der Waals surface area contributed by atoms with Crippen LogP contribution in [-0.2, 0) is 14.9 Å². The molecule has 1 N–H and O–H groups in total. The van der Waals surface area contributed by atoms with Crippen molar-refractivity contribution in [2.75, 3.05) is 0 Å². The molecule has 0 bridgehead atoms. The van der Waals surface area contributed by atoms with Crippen molar-refractivity contribution in [1.29, 1.82) is 0 Å². The number of benzene rings is 2. The van der Waals surface area contributed by atoms with Gasteiger partial charge in [-0.05, 0) is 24.3 Å². The number of para-hydroxylation sites is 1. The van der Waals surface area contributed by atoms with Crippen molar-refractivity contribution in [3.8, 4) is 5.75 Å². The Balaban J connectivity index is 1.95. The molecule has 1 heterocycles. The molecule has 2 aromatic rings. The molecule has 0 radical (unpaired) electrons. The molecule has 1 aliphatic heterocycles. The van der Waals surface area contributed by atoms with Gasteiger partial charge in [-0.1, -0.05) is 60.4 Å². The van der Waals surface area contributed by atoms with Crippen LogP contribution in [0, 0.1) is 0 Å². The Morgan fingerprint density at radius 1 is 1.04 bits per heavy atom. The highest BCUT2D eigenvalue weighted by Crippen LogP contribution is 2.30. The van der Waals surface area contributed by atoms with Crippen LogP contribution < -0.4 is 9.50 Å². The smallest absolute Gasteiger partial charge is 0.339 e. The Labute approximate surface area is 148 Å². The summed E-state index contributed by atoms with van der Waals surface area (Å²) in [5, 5.41) is 2.51. The predicted octanol–water partition coefficient (Wildman–Crippen LogP) is 2.94. The van der Waals surface area contributed by atoms with E-state index in [1.807, 2.05) is 0 Å². The average molecular weight is 377 g/mol. The van der Waals surface area contributed by atoms with E-state index < -0.39 is 10.1 Å². The molecule has 1 amide bonds. The van der Waals surface area contributed by atoms with Crippen LogP contribution >= 0.6 is 24.0 Å². The second-order valence-corrected chi connectivity index (χ2v) is 8.01. The van der Waals surface area contributed by atoms with Gasteiger partial charge in [0, 0.05) is 5.56 Å². The minimum Gasteiger partial charge on any atom is -0.378 e. The summed E-state index contributed by atoms with van der Waals surface area (Å²) in [6.07, 6.45) is 1.55. The van der Waals surface area contributed by atoms with Crippen LogP contribution in [-0.4, -0.2) is 18.6 Å². The first-order chi connectivity index (χ1) is 11.5. The minimum absolute atomic E-state index is 0.0571. The molecule has 8 heteroatoms. The second kappa shape index (κ2) is 6.76. The number of nitrogens with one attached hydrogen (secondary N) is 1. The number of amides is 1. The van der Waals surface area contributed by atoms with Gasteiger partial charge in [-0.15, -0.1) is 0 Å². The van der Waals surface area contributed by atoms with Crippen molar-refractivity contribution in [1.82, 2.24) is 5.32 Å². The Kier molecular flexibility index (Phi) is 4.70. The number of hydrogen-bond acceptors (Lipinski definition) is 6. The molecule has 1 fully saturated rings. The molecule has 122 valence electrons. The number of thiocarbonyl (C=S) groups is 1. The fourth-order valence-electron chi connectivity index (χ4n) is 1.99. The molecular formula is C16H11NO4S3. The van der Waals surface area contributed by atoms with Crippen molar-refractivity contribution in [3.05, 3.63) is 65.1 Å². The first kappa shape index (κ1) is 16.7. The molecule has 0 saturated carbocycles. The van der Waals surface area contributed by atoms with E-state index in [2.05, 4.69) is 5.32 Å². The highest BCUT2D eigenvalue weighted by atomic mass is 32.2. The lowest BCUT2D eigenvalue weighted by molar-refractivity contribution is -0.115. The van der Waals surface area contributed by atoms with Crippen LogP contribution in [0.2, 0.25) is 0 Å². The van der Waals surface area contributed by atoms with Gasteiger partial charge in [-0.2, -0.15) is 8.42 Å². The molecule has 3 rings (SSSR count). The van der Waals surface area contributed by atoms with Crippen LogP contribution in [0.1, 0.15) is 5.56 Å². The van der Waals surface area contributed by atoms with Crippen molar-refractivity contribution in [3.63, 3.8) is 0 Å². The maximum Gasteiger partial charge on any atom is 0.339 e. The summed E-state index contributed by atoms with van der Waals surface area (Å²) in [6.45, 7) is 0. The molecule has 0 aliphatic carbocycles. The number of hydrogen-bond donors (Lipinski definition) is 1. The molecule has 0 spiro atoms. The zero-order chi connectivity index (χ0) is 17.2. The van der Waals surface area contributed by atoms with Crippen LogP contribution in [0.15, 0.2) is 64.4 Å². The largest absolute Gasteiger partial charge is 0.378 e. The quantitative estimate of drug-likeness (QED) is 0.502. The summed E-state index contributed by atoms with van der Waals surface area (Å²) in [7, 11) is -3.96. The lowest BCUT2D eigenvalue weighted by Gasteiger charge is -2.09. The third kappa shape index (κ3) is 3.66. The first-order valence-electron chi connectivity index (χ1n) is 6.79. The fourth-order valence-corrected chi connectivity index (χ4v) is 4.00. The van der Waals surface area contributed by atoms with Gasteiger partial charge in [0.05, 0.1) is 4.91 Å². The zero-order valence-electron chi connectivity index (χ0n) is 12.1. The molecular weight excluding hydrogens is 366 g/mol. The lowest BCUT2D eigenvalue weighted by Crippen LogP contribution is -2.17. The lowest BCUT2D eigenvalue weighted by atomic mass is 10.2. The van der Waals surface area contributed by atoms with Gasteiger partial charge < -0.3 is 9.50 Å². The second-order valence-electron chi connectivity index (χ2n) is 4.74. The molecule has 2 aromatic carbocycles. The fraction of sp³-hybridized carbons (Fsp3) is 0. The van der Waals surface area contributed by atoms with Crippen LogP contribution in [0.25, 0.3) is 6.08 Å². The van der Waals surface area contributed by atoms with Crippen molar-refractivity contribution >= 4 is 50.4 Å². The van der Waals surface area contributed by atoms with Gasteiger partial charge in [-0.25, -0.2) is 0 Å². The number of rotatable bonds is 4. The highest BCUT2D eigenvalue weighted by molar-refractivity contribution is 8.26. The van der Waals surface area contributed by atoms with E-state index in [4.69, 9.17) is 16.4 Å². The Bertz CT molecular complexity index is 937. The maximum absolute atomic E-state index is 12.4. The summed E-state index contributed by atoms with van der Waals surface area (Å²) in [5.41, 5.74) is 0.472. The number of carbonyl (C=O) groups excluding carboxylic acids is 1. The number of thioether (sulfide) groups is 1. The van der Waals surface area contributed by atoms with Crippen molar-refractivity contribution < 1.29 is 17.4 Å². The molecule has 1 saturated heterocycles. The van der Waals surface area contributed by atoms with Gasteiger partial charge in [-0.3, -0.25) is 4.79 Å². The summed E-state index contributed by atoms with van der Waals surface area (Å²) in [5.74, 6) is -0.175. The summed E-state index contributed by atoms with van der Waals surface area (Å²) in [4.78, 5) is 12.2. The van der Waals surface area contributed by atoms with Crippen molar-refractivity contribution in [2.45, 2.75) is 4.90 Å². The Morgan fingerprint density at radius 3 is 2.38 bits per heavy atom. The van der Waals surface area contributed by atoms with Gasteiger partial charge in [0.15, 0.2) is 0 Å². The van der Waals surface area contributed by atoms with Crippen LogP contribution in [0.4, 0.5) is 0 Å². The average Bonchev–Trinajstić information content (AvgIpc) is 2.87. The third-order valence-corrected chi connectivity index (χ3v) is 5.49. The van der Waals surface area contributed by atoms with E-state index in [-0.39, 0.29) is 16.6 Å². The van der Waals surface area contributed by atoms with Crippen molar-refractivity contribution in [2.24, 2.45) is 0 Å². The van der Waals surface area contributed by atoms with Gasteiger partial charge in [0.1, 0.15) is 15.0 Å². The van der Waals surface area contributed by atoms with E-state index in [1.54, 1.807) is 42.5 Å².